The molecule has 0 aromatic carbocycles. The first kappa shape index (κ1) is 19.7. The molecule has 0 aliphatic carbocycles. The fraction of sp³-hybridized carbons (Fsp3) is 0.333. The molecule has 3 rings (SSSR count). The summed E-state index contributed by atoms with van der Waals surface area (Å²) in [6.45, 7) is 3.36. The molecule has 0 N–H and O–H groups in total. The van der Waals surface area contributed by atoms with Crippen LogP contribution in [0.3, 0.4) is 0 Å². The lowest BCUT2D eigenvalue weighted by atomic mass is 10.1. The van der Waals surface area contributed by atoms with Gasteiger partial charge in [-0.2, -0.15) is 0 Å². The molecule has 0 saturated carbocycles. The van der Waals surface area contributed by atoms with Gasteiger partial charge in [0.1, 0.15) is 0 Å². The second-order valence-electron chi connectivity index (χ2n) is 6.55. The summed E-state index contributed by atoms with van der Waals surface area (Å²) < 4.78 is 27.5. The number of allylic oxidation sites excluding steroid dienone is 2. The molecule has 2 aliphatic rings. The summed E-state index contributed by atoms with van der Waals surface area (Å²) in [7, 11) is -2.65. The Hall–Kier alpha value is -3.04. The standard InChI is InChI=1S/C18H18BF2N3O4/c1-11-9-12(2)23(19(20)21)15(11)10-14-4-3-13(22-14)5-8-18(27)28-24-16(25)6-7-17(24)26/h3-4,9-10H,5-8H2,1-2H3/b14-10-. The maximum atomic E-state index is 13.3. The Labute approximate surface area is 160 Å². The Balaban J connectivity index is 1.63. The van der Waals surface area contributed by atoms with Gasteiger partial charge in [-0.1, -0.05) is 0 Å². The van der Waals surface area contributed by atoms with E-state index in [-0.39, 0.29) is 25.7 Å². The summed E-state index contributed by atoms with van der Waals surface area (Å²) in [5.74, 6) is -1.78. The maximum absolute atomic E-state index is 13.3. The first-order valence-corrected chi connectivity index (χ1v) is 8.76. The van der Waals surface area contributed by atoms with Gasteiger partial charge in [0.2, 0.25) is 0 Å². The monoisotopic (exact) mass is 389 g/mol. The normalized spacial score (nSPS) is 17.6. The predicted octanol–water partition coefficient (Wildman–Crippen LogP) is 2.62. The van der Waals surface area contributed by atoms with Gasteiger partial charge in [-0.15, -0.1) is 5.06 Å². The van der Waals surface area contributed by atoms with Crippen LogP contribution in [0, 0.1) is 13.8 Å². The fourth-order valence-electron chi connectivity index (χ4n) is 3.10. The van der Waals surface area contributed by atoms with Crippen LogP contribution in [0.1, 0.15) is 42.6 Å². The van der Waals surface area contributed by atoms with E-state index in [0.717, 1.165) is 4.48 Å². The van der Waals surface area contributed by atoms with Crippen LogP contribution >= 0.6 is 0 Å². The average Bonchev–Trinajstić information content (AvgIpc) is 3.28. The van der Waals surface area contributed by atoms with E-state index >= 15 is 0 Å². The number of aromatic nitrogens is 1. The molecular weight excluding hydrogens is 371 g/mol. The zero-order valence-electron chi connectivity index (χ0n) is 15.4. The number of carbonyl (C=O) groups is 3. The maximum Gasteiger partial charge on any atom is 0.677 e. The van der Waals surface area contributed by atoms with Gasteiger partial charge in [-0.3, -0.25) is 23.2 Å². The second-order valence-corrected chi connectivity index (χ2v) is 6.55. The van der Waals surface area contributed by atoms with Crippen molar-refractivity contribution in [3.8, 4) is 0 Å². The number of halogens is 2. The fourth-order valence-corrected chi connectivity index (χ4v) is 3.10. The number of nitrogens with zero attached hydrogens (tertiary/aromatic N) is 3. The zero-order valence-corrected chi connectivity index (χ0v) is 15.4. The van der Waals surface area contributed by atoms with Crippen molar-refractivity contribution < 1.29 is 27.9 Å². The van der Waals surface area contributed by atoms with Crippen molar-refractivity contribution in [2.45, 2.75) is 39.5 Å². The minimum atomic E-state index is -2.65. The van der Waals surface area contributed by atoms with Gasteiger partial charge >= 0.3 is 13.4 Å². The van der Waals surface area contributed by atoms with Gasteiger partial charge in [-0.25, -0.2) is 4.79 Å². The minimum Gasteiger partial charge on any atom is -0.330 e. The van der Waals surface area contributed by atoms with Crippen molar-refractivity contribution in [3.63, 3.8) is 0 Å². The number of carbonyl (C=O) groups excluding carboxylic acids is 3. The Morgan fingerprint density at radius 2 is 1.93 bits per heavy atom. The molecule has 2 amide bonds. The molecule has 0 radical (unpaired) electrons. The van der Waals surface area contributed by atoms with E-state index < -0.39 is 25.2 Å². The molecule has 0 bridgehead atoms. The number of hydrogen-bond acceptors (Lipinski definition) is 5. The van der Waals surface area contributed by atoms with E-state index in [0.29, 0.717) is 33.4 Å². The van der Waals surface area contributed by atoms with Gasteiger partial charge in [-0.05, 0) is 43.7 Å². The summed E-state index contributed by atoms with van der Waals surface area (Å²) >= 11 is 0. The summed E-state index contributed by atoms with van der Waals surface area (Å²) in [5, 5.41) is 0.504. The highest BCUT2D eigenvalue weighted by Gasteiger charge is 2.32. The van der Waals surface area contributed by atoms with E-state index in [4.69, 9.17) is 4.84 Å². The predicted molar refractivity (Wildman–Crippen MR) is 98.2 cm³/mol. The van der Waals surface area contributed by atoms with Crippen LogP contribution in [-0.4, -0.2) is 40.4 Å². The van der Waals surface area contributed by atoms with Gasteiger partial charge < -0.3 is 9.32 Å². The van der Waals surface area contributed by atoms with E-state index in [1.165, 1.54) is 0 Å². The minimum absolute atomic E-state index is 0.0367. The third-order valence-electron chi connectivity index (χ3n) is 4.45. The van der Waals surface area contributed by atoms with Gasteiger partial charge in [0, 0.05) is 36.4 Å². The number of aryl methyl sites for hydroxylation is 2. The highest BCUT2D eigenvalue weighted by atomic mass is 19.2. The second kappa shape index (κ2) is 7.91. The SMILES string of the molecule is Cc1cc(C)n(B(F)F)c1/C=C1/C=CC(CCC(=O)ON2C(=O)CCC2=O)=N1. The van der Waals surface area contributed by atoms with Crippen molar-refractivity contribution in [1.82, 2.24) is 9.54 Å². The smallest absolute Gasteiger partial charge is 0.330 e. The molecule has 1 fully saturated rings. The van der Waals surface area contributed by atoms with Crippen LogP contribution in [0.15, 0.2) is 28.9 Å². The van der Waals surface area contributed by atoms with Crippen LogP contribution in [0.2, 0.25) is 0 Å². The van der Waals surface area contributed by atoms with Crippen LogP contribution in [0.4, 0.5) is 8.63 Å². The lowest BCUT2D eigenvalue weighted by molar-refractivity contribution is -0.197. The molecule has 0 unspecified atom stereocenters. The van der Waals surface area contributed by atoms with Crippen molar-refractivity contribution in [1.29, 1.82) is 0 Å². The molecular formula is C18H18BF2N3O4. The third kappa shape index (κ3) is 4.10. The molecule has 3 heterocycles. The van der Waals surface area contributed by atoms with E-state index in [1.807, 2.05) is 0 Å². The summed E-state index contributed by atoms with van der Waals surface area (Å²) in [6, 6.07) is 1.68. The van der Waals surface area contributed by atoms with E-state index in [9.17, 15) is 23.0 Å². The quantitative estimate of drug-likeness (QED) is 0.554. The number of hydrogen-bond donors (Lipinski definition) is 0. The molecule has 7 nitrogen and oxygen atoms in total. The largest absolute Gasteiger partial charge is 0.677 e. The summed E-state index contributed by atoms with van der Waals surface area (Å²) in [6.07, 6.45) is 5.16. The van der Waals surface area contributed by atoms with Crippen molar-refractivity contribution in [3.05, 3.63) is 40.9 Å². The Kier molecular flexibility index (Phi) is 5.57. The Bertz CT molecular complexity index is 918. The van der Waals surface area contributed by atoms with E-state index in [2.05, 4.69) is 4.99 Å². The molecule has 1 aromatic rings. The first-order chi connectivity index (χ1) is 13.3. The summed E-state index contributed by atoms with van der Waals surface area (Å²) in [4.78, 5) is 43.8. The highest BCUT2D eigenvalue weighted by molar-refractivity contribution is 6.41. The number of hydroxylamine groups is 2. The van der Waals surface area contributed by atoms with Gasteiger partial charge in [0.05, 0.1) is 12.1 Å². The first-order valence-electron chi connectivity index (χ1n) is 8.76. The molecule has 0 spiro atoms. The molecule has 1 aromatic heterocycles. The molecule has 2 aliphatic heterocycles. The Morgan fingerprint density at radius 3 is 2.57 bits per heavy atom. The molecule has 10 heteroatoms. The van der Waals surface area contributed by atoms with Crippen molar-refractivity contribution in [2.24, 2.45) is 4.99 Å². The summed E-state index contributed by atoms with van der Waals surface area (Å²) in [5.41, 5.74) is 2.62. The number of imide groups is 1. The molecule has 28 heavy (non-hydrogen) atoms. The molecule has 146 valence electrons. The topological polar surface area (TPSA) is 81.0 Å². The number of aliphatic imine (C=N–C) groups is 1. The van der Waals surface area contributed by atoms with E-state index in [1.54, 1.807) is 38.1 Å². The highest BCUT2D eigenvalue weighted by Crippen LogP contribution is 2.23. The van der Waals surface area contributed by atoms with Crippen LogP contribution in [0.5, 0.6) is 0 Å². The van der Waals surface area contributed by atoms with Crippen LogP contribution in [-0.2, 0) is 19.2 Å². The van der Waals surface area contributed by atoms with Crippen LogP contribution < -0.4 is 0 Å². The Morgan fingerprint density at radius 1 is 1.25 bits per heavy atom. The molecule has 0 atom stereocenters. The van der Waals surface area contributed by atoms with Crippen molar-refractivity contribution >= 4 is 37.0 Å². The zero-order chi connectivity index (χ0) is 20.4. The van der Waals surface area contributed by atoms with Crippen molar-refractivity contribution in [2.75, 3.05) is 0 Å². The number of amides is 2. The third-order valence-corrected chi connectivity index (χ3v) is 4.45. The van der Waals surface area contributed by atoms with Crippen LogP contribution in [0.25, 0.3) is 6.08 Å². The number of rotatable bonds is 6. The lowest BCUT2D eigenvalue weighted by Crippen LogP contribution is -2.32. The lowest BCUT2D eigenvalue weighted by Gasteiger charge is -2.12. The van der Waals surface area contributed by atoms with Gasteiger partial charge in [0.25, 0.3) is 11.8 Å². The molecule has 1 saturated heterocycles. The average molecular weight is 389 g/mol. The van der Waals surface area contributed by atoms with Gasteiger partial charge in [0.15, 0.2) is 0 Å².